The van der Waals surface area contributed by atoms with Gasteiger partial charge in [-0.25, -0.2) is 0 Å². The number of benzene rings is 9. The molecule has 10 rings (SSSR count). The normalized spacial score (nSPS) is 13.9. The van der Waals surface area contributed by atoms with E-state index in [2.05, 4.69) is 97.9 Å². The summed E-state index contributed by atoms with van der Waals surface area (Å²) in [5.74, 6) is 0. The largest absolute Gasteiger partial charge is 0.323 e. The molecule has 1 unspecified atom stereocenters. The maximum absolute atomic E-state index is 6.58. The van der Waals surface area contributed by atoms with Crippen molar-refractivity contribution in [2.24, 2.45) is 5.73 Å². The number of fused-ring (bicyclic) bond motifs is 7. The third-order valence-electron chi connectivity index (χ3n) is 9.43. The second-order valence-electron chi connectivity index (χ2n) is 11.3. The Morgan fingerprint density at radius 1 is 0.513 bits per heavy atom. The summed E-state index contributed by atoms with van der Waals surface area (Å²) in [5.41, 5.74) is 6.58. The number of hydrogen-bond donors (Lipinski definition) is 1. The quantitative estimate of drug-likeness (QED) is 0.180. The maximum atomic E-state index is 6.58. The molecule has 0 bridgehead atoms. The number of thiophene rings is 1. The topological polar surface area (TPSA) is 26.0 Å². The van der Waals surface area contributed by atoms with Crippen molar-refractivity contribution >= 4 is 108 Å². The van der Waals surface area contributed by atoms with Crippen molar-refractivity contribution in [3.63, 3.8) is 0 Å². The van der Waals surface area contributed by atoms with Crippen LogP contribution in [0.2, 0.25) is 0 Å². The van der Waals surface area contributed by atoms with E-state index < -0.39 is 0 Å². The van der Waals surface area contributed by atoms with Crippen molar-refractivity contribution in [3.05, 3.63) is 95.9 Å². The average Bonchev–Trinajstić information content (AvgIpc) is 3.44. The molecule has 9 aromatic carbocycles. The van der Waals surface area contributed by atoms with Crippen LogP contribution in [0.3, 0.4) is 0 Å². The van der Waals surface area contributed by atoms with Gasteiger partial charge in [0.05, 0.1) is 0 Å². The number of nitrogens with two attached hydrogens (primary N) is 1. The van der Waals surface area contributed by atoms with Crippen molar-refractivity contribution < 1.29 is 0 Å². The summed E-state index contributed by atoms with van der Waals surface area (Å²) in [6.07, 6.45) is 0.947. The average molecular weight is 514 g/mol. The van der Waals surface area contributed by atoms with Gasteiger partial charge in [-0.3, -0.25) is 0 Å². The first-order chi connectivity index (χ1) is 19.2. The molecule has 0 aliphatic carbocycles. The van der Waals surface area contributed by atoms with Gasteiger partial charge >= 0.3 is 0 Å². The Hall–Kier alpha value is -4.24. The van der Waals surface area contributed by atoms with E-state index in [0.717, 1.165) is 6.42 Å². The first-order valence-corrected chi connectivity index (χ1v) is 14.7. The van der Waals surface area contributed by atoms with Crippen LogP contribution in [0.5, 0.6) is 0 Å². The minimum absolute atomic E-state index is 0.0774. The van der Waals surface area contributed by atoms with Gasteiger partial charge in [-0.1, -0.05) is 79.7 Å². The SMILES string of the molecule is CCC(N)c1cc2c3ccc4ccc5c6cc7ccccc7cc6c6ccc7ccc(c2s1)c1c7c6c5c4c31. The predicted molar refractivity (Wildman–Crippen MR) is 173 cm³/mol. The standard InChI is InChI=1S/C37H23NS/c1-2-29(38)30-17-28-24-13-9-18-7-11-22-26-15-20-5-3-4-6-21(20)16-27(26)23-12-8-19-10-14-25(37(28)39-30)36-32(19)34(23)33(22)31(18)35(24)36/h3-17,29H,2,38H2,1H3. The first kappa shape index (κ1) is 20.7. The van der Waals surface area contributed by atoms with Crippen LogP contribution in [0.25, 0.3) is 96.3 Å². The molecule has 1 aromatic heterocycles. The van der Waals surface area contributed by atoms with Crippen LogP contribution in [-0.4, -0.2) is 0 Å². The molecule has 0 fully saturated rings. The van der Waals surface area contributed by atoms with Gasteiger partial charge in [0.2, 0.25) is 0 Å². The maximum Gasteiger partial charge on any atom is 0.0431 e. The van der Waals surface area contributed by atoms with Crippen LogP contribution in [0, 0.1) is 0 Å². The van der Waals surface area contributed by atoms with Gasteiger partial charge in [0, 0.05) is 31.8 Å². The molecule has 1 nitrogen and oxygen atoms in total. The van der Waals surface area contributed by atoms with Crippen LogP contribution >= 0.6 is 11.3 Å². The highest BCUT2D eigenvalue weighted by atomic mass is 32.1. The molecule has 0 amide bonds. The molecule has 39 heavy (non-hydrogen) atoms. The van der Waals surface area contributed by atoms with Crippen molar-refractivity contribution in [3.8, 4) is 0 Å². The van der Waals surface area contributed by atoms with Gasteiger partial charge in [0.15, 0.2) is 0 Å². The van der Waals surface area contributed by atoms with Crippen LogP contribution in [0.4, 0.5) is 0 Å². The molecule has 2 N–H and O–H groups in total. The van der Waals surface area contributed by atoms with Crippen molar-refractivity contribution in [1.82, 2.24) is 0 Å². The molecule has 0 aliphatic heterocycles. The zero-order valence-electron chi connectivity index (χ0n) is 21.4. The Morgan fingerprint density at radius 3 is 1.54 bits per heavy atom. The monoisotopic (exact) mass is 513 g/mol. The summed E-state index contributed by atoms with van der Waals surface area (Å²) in [4.78, 5) is 1.28. The lowest BCUT2D eigenvalue weighted by molar-refractivity contribution is 0.712. The number of rotatable bonds is 2. The fourth-order valence-corrected chi connectivity index (χ4v) is 8.91. The molecule has 182 valence electrons. The van der Waals surface area contributed by atoms with Crippen LogP contribution in [0.15, 0.2) is 91.0 Å². The molecule has 1 heterocycles. The van der Waals surface area contributed by atoms with E-state index in [-0.39, 0.29) is 6.04 Å². The third kappa shape index (κ3) is 2.34. The molecular weight excluding hydrogens is 490 g/mol. The van der Waals surface area contributed by atoms with E-state index in [9.17, 15) is 0 Å². The molecule has 1 atom stereocenters. The lowest BCUT2D eigenvalue weighted by atomic mass is 9.80. The lowest BCUT2D eigenvalue weighted by Gasteiger charge is -2.22. The molecule has 0 saturated carbocycles. The molecule has 0 radical (unpaired) electrons. The fourth-order valence-electron chi connectivity index (χ4n) is 7.62. The second kappa shape index (κ2) is 6.84. The van der Waals surface area contributed by atoms with Crippen LogP contribution < -0.4 is 5.73 Å². The van der Waals surface area contributed by atoms with Gasteiger partial charge < -0.3 is 5.73 Å². The van der Waals surface area contributed by atoms with Crippen molar-refractivity contribution in [1.29, 1.82) is 0 Å². The third-order valence-corrected chi connectivity index (χ3v) is 10.7. The molecule has 2 heteroatoms. The Morgan fingerprint density at radius 2 is 1.00 bits per heavy atom. The van der Waals surface area contributed by atoms with E-state index >= 15 is 0 Å². The Labute approximate surface area is 228 Å². The van der Waals surface area contributed by atoms with Crippen molar-refractivity contribution in [2.45, 2.75) is 19.4 Å². The second-order valence-corrected chi connectivity index (χ2v) is 12.4. The first-order valence-electron chi connectivity index (χ1n) is 13.8. The Balaban J connectivity index is 1.58. The van der Waals surface area contributed by atoms with Gasteiger partial charge in [0.1, 0.15) is 0 Å². The van der Waals surface area contributed by atoms with Crippen molar-refractivity contribution in [2.75, 3.05) is 0 Å². The smallest absolute Gasteiger partial charge is 0.0431 e. The summed E-state index contributed by atoms with van der Waals surface area (Å²) in [6, 6.07) is 34.8. The molecule has 0 spiro atoms. The minimum atomic E-state index is 0.0774. The van der Waals surface area contributed by atoms with E-state index in [1.807, 2.05) is 11.3 Å². The summed E-state index contributed by atoms with van der Waals surface area (Å²) >= 11 is 1.89. The predicted octanol–water partition coefficient (Wildman–Crippen LogP) is 10.9. The summed E-state index contributed by atoms with van der Waals surface area (Å²) < 4.78 is 1.37. The van der Waals surface area contributed by atoms with Crippen LogP contribution in [-0.2, 0) is 0 Å². The highest BCUT2D eigenvalue weighted by molar-refractivity contribution is 7.20. The summed E-state index contributed by atoms with van der Waals surface area (Å²) in [6.45, 7) is 2.18. The molecule has 0 aliphatic rings. The zero-order chi connectivity index (χ0) is 25.6. The summed E-state index contributed by atoms with van der Waals surface area (Å²) in [5, 5.41) is 23.2. The summed E-state index contributed by atoms with van der Waals surface area (Å²) in [7, 11) is 0. The van der Waals surface area contributed by atoms with Gasteiger partial charge in [-0.2, -0.15) is 0 Å². The van der Waals surface area contributed by atoms with E-state index in [0.29, 0.717) is 0 Å². The zero-order valence-corrected chi connectivity index (χ0v) is 22.2. The highest BCUT2D eigenvalue weighted by Crippen LogP contribution is 2.53. The van der Waals surface area contributed by atoms with Gasteiger partial charge in [-0.15, -0.1) is 11.3 Å². The Kier molecular flexibility index (Phi) is 3.63. The van der Waals surface area contributed by atoms with E-state index in [1.165, 1.54) is 101 Å². The van der Waals surface area contributed by atoms with Crippen LogP contribution in [0.1, 0.15) is 24.3 Å². The number of hydrogen-bond acceptors (Lipinski definition) is 2. The minimum Gasteiger partial charge on any atom is -0.323 e. The van der Waals surface area contributed by atoms with E-state index in [4.69, 9.17) is 5.73 Å². The van der Waals surface area contributed by atoms with Gasteiger partial charge in [0.25, 0.3) is 0 Å². The van der Waals surface area contributed by atoms with Gasteiger partial charge in [-0.05, 0) is 100 Å². The lowest BCUT2D eigenvalue weighted by Crippen LogP contribution is -2.05. The van der Waals surface area contributed by atoms with E-state index in [1.54, 1.807) is 0 Å². The molecular formula is C37H23NS. The highest BCUT2D eigenvalue weighted by Gasteiger charge is 2.25. The fraction of sp³-hybridized carbons (Fsp3) is 0.0811. The molecule has 10 aromatic rings. The molecule has 0 saturated heterocycles. The Bertz CT molecular complexity index is 2430.